The van der Waals surface area contributed by atoms with E-state index in [4.69, 9.17) is 11.6 Å². The van der Waals surface area contributed by atoms with Crippen LogP contribution in [0.25, 0.3) is 0 Å². The summed E-state index contributed by atoms with van der Waals surface area (Å²) in [5.74, 6) is 0.673. The maximum absolute atomic E-state index is 12.6. The molecule has 108 valence electrons. The van der Waals surface area contributed by atoms with Crippen molar-refractivity contribution in [3.63, 3.8) is 0 Å². The molecule has 0 aromatic heterocycles. The number of nitrogens with zero attached hydrogens (tertiary/aromatic N) is 1. The lowest BCUT2D eigenvalue weighted by molar-refractivity contribution is 0.361. The van der Waals surface area contributed by atoms with E-state index in [1.54, 1.807) is 18.2 Å². The van der Waals surface area contributed by atoms with Gasteiger partial charge in [0.2, 0.25) is 10.0 Å². The number of alkyl halides is 1. The van der Waals surface area contributed by atoms with Gasteiger partial charge in [0.15, 0.2) is 0 Å². The summed E-state index contributed by atoms with van der Waals surface area (Å²) in [5.41, 5.74) is 0.822. The van der Waals surface area contributed by atoms with Crippen molar-refractivity contribution in [2.75, 3.05) is 13.1 Å². The van der Waals surface area contributed by atoms with E-state index in [9.17, 15) is 8.42 Å². The van der Waals surface area contributed by atoms with Crippen LogP contribution in [0.3, 0.4) is 0 Å². The lowest BCUT2D eigenvalue weighted by atomic mass is 10.1. The van der Waals surface area contributed by atoms with Crippen LogP contribution in [-0.2, 0) is 15.9 Å². The van der Waals surface area contributed by atoms with E-state index in [0.717, 1.165) is 12.0 Å². The maximum atomic E-state index is 12.6. The number of sulfonamides is 1. The Balaban J connectivity index is 3.05. The molecule has 1 aromatic carbocycles. The zero-order chi connectivity index (χ0) is 14.5. The second-order valence-electron chi connectivity index (χ2n) is 4.75. The Labute approximate surface area is 121 Å². The summed E-state index contributed by atoms with van der Waals surface area (Å²) in [6, 6.07) is 6.85. The summed E-state index contributed by atoms with van der Waals surface area (Å²) in [6.45, 7) is 7.04. The molecule has 1 unspecified atom stereocenters. The van der Waals surface area contributed by atoms with Crippen LogP contribution in [0.4, 0.5) is 0 Å². The van der Waals surface area contributed by atoms with Crippen molar-refractivity contribution in [1.29, 1.82) is 0 Å². The van der Waals surface area contributed by atoms with Gasteiger partial charge in [-0.05, 0) is 23.6 Å². The van der Waals surface area contributed by atoms with Crippen molar-refractivity contribution in [2.45, 2.75) is 38.0 Å². The van der Waals surface area contributed by atoms with E-state index in [0.29, 0.717) is 29.8 Å². The van der Waals surface area contributed by atoms with E-state index in [1.807, 2.05) is 13.0 Å². The number of halogens is 1. The molecule has 1 rings (SSSR count). The van der Waals surface area contributed by atoms with Gasteiger partial charge in [0.1, 0.15) is 0 Å². The number of rotatable bonds is 7. The second-order valence-corrected chi connectivity index (χ2v) is 6.96. The fraction of sp³-hybridized carbons (Fsp3) is 0.571. The van der Waals surface area contributed by atoms with E-state index >= 15 is 0 Å². The highest BCUT2D eigenvalue weighted by Crippen LogP contribution is 2.19. The van der Waals surface area contributed by atoms with E-state index < -0.39 is 10.0 Å². The smallest absolute Gasteiger partial charge is 0.207 e. The molecule has 0 aliphatic rings. The first-order valence-electron chi connectivity index (χ1n) is 6.60. The van der Waals surface area contributed by atoms with Crippen molar-refractivity contribution < 1.29 is 8.42 Å². The zero-order valence-corrected chi connectivity index (χ0v) is 13.3. The van der Waals surface area contributed by atoms with Crippen LogP contribution in [-0.4, -0.2) is 25.8 Å². The molecular formula is C14H22ClNO2S. The summed E-state index contributed by atoms with van der Waals surface area (Å²) >= 11 is 5.76. The standard InChI is InChI=1S/C14H22ClNO2S/c1-4-12(3)11-16(5-2)19(17,18)14-8-6-7-13(9-14)10-15/h6-9,12H,4-5,10-11H2,1-3H3. The van der Waals surface area contributed by atoms with Gasteiger partial charge in [-0.2, -0.15) is 4.31 Å². The molecule has 0 aliphatic carbocycles. The third-order valence-electron chi connectivity index (χ3n) is 3.26. The SMILES string of the molecule is CCC(C)CN(CC)S(=O)(=O)c1cccc(CCl)c1. The lowest BCUT2D eigenvalue weighted by Gasteiger charge is -2.23. The highest BCUT2D eigenvalue weighted by Gasteiger charge is 2.24. The maximum Gasteiger partial charge on any atom is 0.243 e. The Morgan fingerprint density at radius 3 is 2.53 bits per heavy atom. The van der Waals surface area contributed by atoms with Crippen molar-refractivity contribution in [1.82, 2.24) is 4.31 Å². The van der Waals surface area contributed by atoms with Crippen LogP contribution in [0, 0.1) is 5.92 Å². The highest BCUT2D eigenvalue weighted by atomic mass is 35.5. The summed E-state index contributed by atoms with van der Waals surface area (Å²) in [6.07, 6.45) is 0.966. The molecule has 0 spiro atoms. The molecule has 1 atom stereocenters. The molecule has 0 fully saturated rings. The van der Waals surface area contributed by atoms with Gasteiger partial charge in [-0.25, -0.2) is 8.42 Å². The van der Waals surface area contributed by atoms with E-state index in [1.165, 1.54) is 4.31 Å². The topological polar surface area (TPSA) is 37.4 Å². The van der Waals surface area contributed by atoms with Gasteiger partial charge in [0.05, 0.1) is 4.90 Å². The first-order valence-corrected chi connectivity index (χ1v) is 8.58. The summed E-state index contributed by atoms with van der Waals surface area (Å²) in [4.78, 5) is 0.329. The van der Waals surface area contributed by atoms with Crippen LogP contribution >= 0.6 is 11.6 Å². The molecule has 0 bridgehead atoms. The van der Waals surface area contributed by atoms with Crippen LogP contribution in [0.15, 0.2) is 29.2 Å². The molecule has 0 N–H and O–H groups in total. The van der Waals surface area contributed by atoms with E-state index in [2.05, 4.69) is 13.8 Å². The molecule has 0 radical (unpaired) electrons. The van der Waals surface area contributed by atoms with Crippen molar-refractivity contribution in [3.05, 3.63) is 29.8 Å². The third-order valence-corrected chi connectivity index (χ3v) is 5.50. The lowest BCUT2D eigenvalue weighted by Crippen LogP contribution is -2.34. The van der Waals surface area contributed by atoms with Gasteiger partial charge in [-0.3, -0.25) is 0 Å². The van der Waals surface area contributed by atoms with Crippen LogP contribution in [0.5, 0.6) is 0 Å². The minimum Gasteiger partial charge on any atom is -0.207 e. The zero-order valence-electron chi connectivity index (χ0n) is 11.8. The second kappa shape index (κ2) is 7.27. The molecule has 3 nitrogen and oxygen atoms in total. The average Bonchev–Trinajstić information content (AvgIpc) is 2.44. The molecule has 0 saturated heterocycles. The van der Waals surface area contributed by atoms with E-state index in [-0.39, 0.29) is 0 Å². The first-order chi connectivity index (χ1) is 8.95. The highest BCUT2D eigenvalue weighted by molar-refractivity contribution is 7.89. The van der Waals surface area contributed by atoms with Gasteiger partial charge in [-0.15, -0.1) is 11.6 Å². The Bertz CT molecular complexity index is 502. The van der Waals surface area contributed by atoms with Crippen LogP contribution in [0.2, 0.25) is 0 Å². The van der Waals surface area contributed by atoms with Gasteiger partial charge in [-0.1, -0.05) is 39.3 Å². The number of hydrogen-bond donors (Lipinski definition) is 0. The summed E-state index contributed by atoms with van der Waals surface area (Å²) < 4.78 is 26.7. The Morgan fingerprint density at radius 1 is 1.32 bits per heavy atom. The minimum absolute atomic E-state index is 0.320. The normalized spacial score (nSPS) is 13.7. The largest absolute Gasteiger partial charge is 0.243 e. The van der Waals surface area contributed by atoms with Crippen molar-refractivity contribution >= 4 is 21.6 Å². The first kappa shape index (κ1) is 16.5. The quantitative estimate of drug-likeness (QED) is 0.723. The molecular weight excluding hydrogens is 282 g/mol. The summed E-state index contributed by atoms with van der Waals surface area (Å²) in [5, 5.41) is 0. The molecule has 0 heterocycles. The van der Waals surface area contributed by atoms with Gasteiger partial charge in [0.25, 0.3) is 0 Å². The predicted molar refractivity (Wildman–Crippen MR) is 79.9 cm³/mol. The minimum atomic E-state index is -3.41. The molecule has 0 amide bonds. The van der Waals surface area contributed by atoms with Gasteiger partial charge in [0, 0.05) is 19.0 Å². The molecule has 5 heteroatoms. The Kier molecular flexibility index (Phi) is 6.30. The Hall–Kier alpha value is -0.580. The van der Waals surface area contributed by atoms with Crippen LogP contribution < -0.4 is 0 Å². The van der Waals surface area contributed by atoms with Gasteiger partial charge >= 0.3 is 0 Å². The fourth-order valence-electron chi connectivity index (χ4n) is 1.81. The average molecular weight is 304 g/mol. The predicted octanol–water partition coefficient (Wildman–Crippen LogP) is 3.48. The fourth-order valence-corrected chi connectivity index (χ4v) is 3.62. The molecule has 0 aliphatic heterocycles. The molecule has 19 heavy (non-hydrogen) atoms. The Morgan fingerprint density at radius 2 is 2.00 bits per heavy atom. The van der Waals surface area contributed by atoms with Crippen molar-refractivity contribution in [3.8, 4) is 0 Å². The molecule has 1 aromatic rings. The van der Waals surface area contributed by atoms with Crippen molar-refractivity contribution in [2.24, 2.45) is 5.92 Å². The molecule has 0 saturated carbocycles. The number of hydrogen-bond acceptors (Lipinski definition) is 2. The van der Waals surface area contributed by atoms with Gasteiger partial charge < -0.3 is 0 Å². The number of benzene rings is 1. The summed E-state index contributed by atoms with van der Waals surface area (Å²) in [7, 11) is -3.41. The van der Waals surface area contributed by atoms with Crippen LogP contribution in [0.1, 0.15) is 32.8 Å². The third kappa shape index (κ3) is 4.20. The monoisotopic (exact) mass is 303 g/mol.